The molecule has 31 heavy (non-hydrogen) atoms. The Bertz CT molecular complexity index is 701. The summed E-state index contributed by atoms with van der Waals surface area (Å²) in [6.45, 7) is 10.3. The van der Waals surface area contributed by atoms with E-state index in [1.807, 2.05) is 6.07 Å². The van der Waals surface area contributed by atoms with E-state index in [2.05, 4.69) is 47.4 Å². The van der Waals surface area contributed by atoms with Crippen LogP contribution in [0.15, 0.2) is 23.3 Å². The Morgan fingerprint density at radius 3 is 2.71 bits per heavy atom. The van der Waals surface area contributed by atoms with Gasteiger partial charge in [0.05, 0.1) is 6.54 Å². The van der Waals surface area contributed by atoms with E-state index in [0.29, 0.717) is 18.4 Å². The highest BCUT2D eigenvalue weighted by atomic mass is 16.3. The first kappa shape index (κ1) is 24.9. The van der Waals surface area contributed by atoms with Gasteiger partial charge in [-0.2, -0.15) is 0 Å². The number of aliphatic hydroxyl groups is 1. The fourth-order valence-electron chi connectivity index (χ4n) is 4.11. The summed E-state index contributed by atoms with van der Waals surface area (Å²) in [5.74, 6) is 2.47. The van der Waals surface area contributed by atoms with Gasteiger partial charge >= 0.3 is 0 Å². The minimum atomic E-state index is -0.205. The maximum Gasteiger partial charge on any atom is 0.220 e. The molecule has 0 spiro atoms. The van der Waals surface area contributed by atoms with Gasteiger partial charge in [-0.1, -0.05) is 19.9 Å². The molecule has 8 nitrogen and oxygen atoms in total. The summed E-state index contributed by atoms with van der Waals surface area (Å²) in [6, 6.07) is 3.99. The molecule has 0 saturated carbocycles. The van der Waals surface area contributed by atoms with Gasteiger partial charge in [0, 0.05) is 50.5 Å². The van der Waals surface area contributed by atoms with Crippen molar-refractivity contribution in [1.29, 1.82) is 0 Å². The van der Waals surface area contributed by atoms with Gasteiger partial charge in [-0.05, 0) is 50.5 Å². The van der Waals surface area contributed by atoms with Gasteiger partial charge in [0.2, 0.25) is 5.91 Å². The van der Waals surface area contributed by atoms with Crippen molar-refractivity contribution in [2.24, 2.45) is 28.5 Å². The van der Waals surface area contributed by atoms with Gasteiger partial charge < -0.3 is 26.4 Å². The monoisotopic (exact) mass is 432 g/mol. The molecule has 1 aromatic heterocycles. The number of hydrogen-bond donors (Lipinski definition) is 4. The first-order valence-corrected chi connectivity index (χ1v) is 11.6. The largest absolute Gasteiger partial charge is 0.396 e. The summed E-state index contributed by atoms with van der Waals surface area (Å²) in [4.78, 5) is 23.1. The summed E-state index contributed by atoms with van der Waals surface area (Å²) in [6.07, 6.45) is 5.19. The molecule has 8 heteroatoms. The van der Waals surface area contributed by atoms with E-state index in [1.165, 1.54) is 0 Å². The molecule has 1 atom stereocenters. The summed E-state index contributed by atoms with van der Waals surface area (Å²) < 4.78 is 0. The first-order valence-electron chi connectivity index (χ1n) is 11.6. The number of aliphatic imine (C=N–C) groups is 1. The second-order valence-corrected chi connectivity index (χ2v) is 8.73. The van der Waals surface area contributed by atoms with Crippen LogP contribution in [0.4, 0.5) is 5.82 Å². The normalized spacial score (nSPS) is 16.4. The maximum absolute atomic E-state index is 11.5. The fourth-order valence-corrected chi connectivity index (χ4v) is 4.11. The van der Waals surface area contributed by atoms with Crippen molar-refractivity contribution >= 4 is 17.7 Å². The molecule has 1 amide bonds. The van der Waals surface area contributed by atoms with Crippen molar-refractivity contribution in [3.8, 4) is 0 Å². The number of rotatable bonds is 11. The number of nitrogens with zero attached hydrogens (tertiary/aromatic N) is 3. The van der Waals surface area contributed by atoms with Gasteiger partial charge in [0.1, 0.15) is 5.82 Å². The number of primary amides is 1. The van der Waals surface area contributed by atoms with Crippen LogP contribution in [-0.4, -0.2) is 54.7 Å². The molecule has 1 aromatic rings. The zero-order valence-electron chi connectivity index (χ0n) is 19.3. The number of nitrogens with two attached hydrogens (primary N) is 1. The predicted octanol–water partition coefficient (Wildman–Crippen LogP) is 1.88. The topological polar surface area (TPSA) is 116 Å². The molecule has 0 radical (unpaired) electrons. The SMILES string of the molecule is CCNC(=NCc1cccnc1N1CCC(C(N)=O)CC1)NCC(CCO)CC(C)C. The molecule has 0 aliphatic carbocycles. The van der Waals surface area contributed by atoms with Crippen LogP contribution in [-0.2, 0) is 11.3 Å². The van der Waals surface area contributed by atoms with E-state index < -0.39 is 0 Å². The maximum atomic E-state index is 11.5. The third-order valence-electron chi connectivity index (χ3n) is 5.72. The average molecular weight is 433 g/mol. The molecular formula is C23H40N6O2. The number of anilines is 1. The second kappa shape index (κ2) is 13.1. The number of nitrogens with one attached hydrogen (secondary N) is 2. The molecule has 174 valence electrons. The third kappa shape index (κ3) is 8.36. The van der Waals surface area contributed by atoms with Crippen molar-refractivity contribution in [3.05, 3.63) is 23.9 Å². The Morgan fingerprint density at radius 2 is 2.10 bits per heavy atom. The molecule has 0 aromatic carbocycles. The van der Waals surface area contributed by atoms with Crippen LogP contribution in [0.3, 0.4) is 0 Å². The van der Waals surface area contributed by atoms with E-state index in [0.717, 1.165) is 69.2 Å². The number of carbonyl (C=O) groups is 1. The smallest absolute Gasteiger partial charge is 0.220 e. The van der Waals surface area contributed by atoms with Gasteiger partial charge in [0.15, 0.2) is 5.96 Å². The number of aromatic nitrogens is 1. The highest BCUT2D eigenvalue weighted by Crippen LogP contribution is 2.25. The van der Waals surface area contributed by atoms with Crippen LogP contribution >= 0.6 is 0 Å². The molecule has 0 bridgehead atoms. The lowest BCUT2D eigenvalue weighted by Crippen LogP contribution is -2.40. The van der Waals surface area contributed by atoms with Crippen molar-refractivity contribution in [2.75, 3.05) is 37.7 Å². The van der Waals surface area contributed by atoms with Crippen molar-refractivity contribution in [1.82, 2.24) is 15.6 Å². The molecule has 2 heterocycles. The van der Waals surface area contributed by atoms with Crippen LogP contribution < -0.4 is 21.3 Å². The predicted molar refractivity (Wildman–Crippen MR) is 126 cm³/mol. The molecule has 1 aliphatic rings. The second-order valence-electron chi connectivity index (χ2n) is 8.73. The Kier molecular flexibility index (Phi) is 10.6. The standard InChI is InChI=1S/C23H40N6O2/c1-4-25-23(27-15-18(9-13-30)14-17(2)3)28-16-20-6-5-10-26-22(20)29-11-7-19(8-12-29)21(24)31/h5-6,10,17-19,30H,4,7-9,11-16H2,1-3H3,(H2,24,31)(H2,25,27,28). The third-order valence-corrected chi connectivity index (χ3v) is 5.72. The number of piperidine rings is 1. The number of carbonyl (C=O) groups excluding carboxylic acids is 1. The van der Waals surface area contributed by atoms with E-state index in [1.54, 1.807) is 6.20 Å². The van der Waals surface area contributed by atoms with Gasteiger partial charge in [-0.25, -0.2) is 9.98 Å². The molecule has 1 aliphatic heterocycles. The lowest BCUT2D eigenvalue weighted by Gasteiger charge is -2.32. The number of pyridine rings is 1. The lowest BCUT2D eigenvalue weighted by molar-refractivity contribution is -0.122. The molecular weight excluding hydrogens is 392 g/mol. The Morgan fingerprint density at radius 1 is 1.35 bits per heavy atom. The van der Waals surface area contributed by atoms with Crippen molar-refractivity contribution < 1.29 is 9.90 Å². The number of hydrogen-bond acceptors (Lipinski definition) is 5. The van der Waals surface area contributed by atoms with Crippen LogP contribution in [0.25, 0.3) is 0 Å². The summed E-state index contributed by atoms with van der Waals surface area (Å²) >= 11 is 0. The van der Waals surface area contributed by atoms with Gasteiger partial charge in [-0.3, -0.25) is 4.79 Å². The summed E-state index contributed by atoms with van der Waals surface area (Å²) in [5.41, 5.74) is 6.53. The highest BCUT2D eigenvalue weighted by Gasteiger charge is 2.25. The fraction of sp³-hybridized carbons (Fsp3) is 0.696. The summed E-state index contributed by atoms with van der Waals surface area (Å²) in [7, 11) is 0. The zero-order chi connectivity index (χ0) is 22.6. The molecule has 5 N–H and O–H groups in total. The van der Waals surface area contributed by atoms with E-state index in [-0.39, 0.29) is 18.4 Å². The van der Waals surface area contributed by atoms with E-state index in [4.69, 9.17) is 10.7 Å². The quantitative estimate of drug-likeness (QED) is 0.313. The summed E-state index contributed by atoms with van der Waals surface area (Å²) in [5, 5.41) is 16.1. The Hall–Kier alpha value is -2.35. The van der Waals surface area contributed by atoms with Crippen LogP contribution in [0, 0.1) is 17.8 Å². The number of guanidine groups is 1. The average Bonchev–Trinajstić information content (AvgIpc) is 2.75. The van der Waals surface area contributed by atoms with Crippen LogP contribution in [0.5, 0.6) is 0 Å². The lowest BCUT2D eigenvalue weighted by atomic mass is 9.94. The Labute approximate surface area is 186 Å². The van der Waals surface area contributed by atoms with Crippen molar-refractivity contribution in [2.45, 2.75) is 53.0 Å². The molecule has 1 unspecified atom stereocenters. The van der Waals surface area contributed by atoms with E-state index >= 15 is 0 Å². The molecule has 2 rings (SSSR count). The van der Waals surface area contributed by atoms with Gasteiger partial charge in [-0.15, -0.1) is 0 Å². The van der Waals surface area contributed by atoms with E-state index in [9.17, 15) is 9.90 Å². The molecule has 1 fully saturated rings. The van der Waals surface area contributed by atoms with Crippen molar-refractivity contribution in [3.63, 3.8) is 0 Å². The number of aliphatic hydroxyl groups excluding tert-OH is 1. The van der Waals surface area contributed by atoms with Crippen LogP contribution in [0.2, 0.25) is 0 Å². The molecule has 1 saturated heterocycles. The van der Waals surface area contributed by atoms with Gasteiger partial charge in [0.25, 0.3) is 0 Å². The minimum Gasteiger partial charge on any atom is -0.396 e. The minimum absolute atomic E-state index is 0.0382. The Balaban J connectivity index is 2.03. The zero-order valence-corrected chi connectivity index (χ0v) is 19.3. The first-order chi connectivity index (χ1) is 14.9. The number of amides is 1. The van der Waals surface area contributed by atoms with Crippen LogP contribution in [0.1, 0.15) is 52.0 Å². The highest BCUT2D eigenvalue weighted by molar-refractivity contribution is 5.80.